The number of thioether (sulfide) groups is 2. The minimum Gasteiger partial charge on any atom is -0.390 e. The first-order valence-electron chi connectivity index (χ1n) is 6.84. The molecule has 0 bridgehead atoms. The number of hydrogen-bond donors (Lipinski definition) is 1. The molecule has 2 rings (SSSR count). The molecule has 112 valence electrons. The van der Waals surface area contributed by atoms with Crippen molar-refractivity contribution >= 4 is 35.3 Å². The molecular formula is C13H20N2O3S2. The third-order valence-corrected chi connectivity index (χ3v) is 5.96. The minimum atomic E-state index is -0.695. The molecule has 0 aliphatic carbocycles. The lowest BCUT2D eigenvalue weighted by Gasteiger charge is -2.24. The summed E-state index contributed by atoms with van der Waals surface area (Å²) in [6.07, 6.45) is -0.695. The van der Waals surface area contributed by atoms with Crippen LogP contribution < -0.4 is 0 Å². The smallest absolute Gasteiger partial charge is 0.268 e. The van der Waals surface area contributed by atoms with E-state index in [1.807, 2.05) is 13.8 Å². The molecule has 1 N–H and O–H groups in total. The summed E-state index contributed by atoms with van der Waals surface area (Å²) in [7, 11) is 0. The quantitative estimate of drug-likeness (QED) is 0.730. The normalized spacial score (nSPS) is 20.9. The Morgan fingerprint density at radius 3 is 2.10 bits per heavy atom. The Bertz CT molecular complexity index is 407. The molecule has 1 atom stereocenters. The minimum absolute atomic E-state index is 0.0856. The molecule has 0 aromatic rings. The number of carbonyl (C=O) groups is 2. The number of amides is 2. The lowest BCUT2D eigenvalue weighted by atomic mass is 10.3. The van der Waals surface area contributed by atoms with Gasteiger partial charge in [-0.3, -0.25) is 14.5 Å². The number of likely N-dealkylation sites (N-methyl/N-ethyl adjacent to an activating group) is 1. The van der Waals surface area contributed by atoms with E-state index in [0.29, 0.717) is 16.4 Å². The molecule has 0 aromatic carbocycles. The van der Waals surface area contributed by atoms with Crippen molar-refractivity contribution in [1.82, 2.24) is 9.80 Å². The highest BCUT2D eigenvalue weighted by Gasteiger charge is 2.40. The van der Waals surface area contributed by atoms with E-state index in [9.17, 15) is 14.7 Å². The molecule has 0 saturated carbocycles. The largest absolute Gasteiger partial charge is 0.390 e. The van der Waals surface area contributed by atoms with Crippen molar-refractivity contribution in [3.05, 3.63) is 9.81 Å². The van der Waals surface area contributed by atoms with E-state index < -0.39 is 6.10 Å². The van der Waals surface area contributed by atoms with Gasteiger partial charge in [0.1, 0.15) is 0 Å². The van der Waals surface area contributed by atoms with Gasteiger partial charge in [-0.25, -0.2) is 0 Å². The molecule has 1 unspecified atom stereocenters. The van der Waals surface area contributed by atoms with Gasteiger partial charge in [-0.05, 0) is 13.1 Å². The fraction of sp³-hybridized carbons (Fsp3) is 0.692. The zero-order chi connectivity index (χ0) is 14.7. The zero-order valence-corrected chi connectivity index (χ0v) is 13.4. The number of carbonyl (C=O) groups excluding carboxylic acids is 2. The third kappa shape index (κ3) is 3.21. The standard InChI is InChI=1S/C13H20N2O3S2/c1-3-14(4-2)7-9(16)8-15-12(17)10-11(13(15)18)20-6-5-19-10/h9,16H,3-8H2,1-2H3. The first kappa shape index (κ1) is 15.9. The molecule has 5 nitrogen and oxygen atoms in total. The highest BCUT2D eigenvalue weighted by molar-refractivity contribution is 8.11. The van der Waals surface area contributed by atoms with Crippen LogP contribution in [0.2, 0.25) is 0 Å². The summed E-state index contributed by atoms with van der Waals surface area (Å²) in [5, 5.41) is 10.1. The number of rotatable bonds is 6. The van der Waals surface area contributed by atoms with Crippen LogP contribution in [0.5, 0.6) is 0 Å². The average Bonchev–Trinajstić information content (AvgIpc) is 2.70. The van der Waals surface area contributed by atoms with E-state index in [-0.39, 0.29) is 18.4 Å². The van der Waals surface area contributed by atoms with Gasteiger partial charge in [-0.1, -0.05) is 13.8 Å². The second-order valence-corrected chi connectivity index (χ2v) is 6.93. The maximum absolute atomic E-state index is 12.2. The summed E-state index contributed by atoms with van der Waals surface area (Å²) in [4.78, 5) is 28.8. The summed E-state index contributed by atoms with van der Waals surface area (Å²) < 4.78 is 0. The van der Waals surface area contributed by atoms with Crippen molar-refractivity contribution < 1.29 is 14.7 Å². The summed E-state index contributed by atoms with van der Waals surface area (Å²) in [5.41, 5.74) is 0. The highest BCUT2D eigenvalue weighted by atomic mass is 32.2. The van der Waals surface area contributed by atoms with Crippen LogP contribution in [0.15, 0.2) is 9.81 Å². The van der Waals surface area contributed by atoms with Crippen molar-refractivity contribution in [2.75, 3.05) is 37.7 Å². The van der Waals surface area contributed by atoms with Crippen molar-refractivity contribution in [3.8, 4) is 0 Å². The number of aliphatic hydroxyl groups excluding tert-OH is 1. The maximum Gasteiger partial charge on any atom is 0.268 e. The van der Waals surface area contributed by atoms with Gasteiger partial charge in [-0.2, -0.15) is 0 Å². The third-order valence-electron chi connectivity index (χ3n) is 3.42. The van der Waals surface area contributed by atoms with Crippen LogP contribution in [0.1, 0.15) is 13.8 Å². The second-order valence-electron chi connectivity index (χ2n) is 4.72. The lowest BCUT2D eigenvalue weighted by Crippen LogP contribution is -2.43. The molecule has 0 spiro atoms. The zero-order valence-electron chi connectivity index (χ0n) is 11.8. The van der Waals surface area contributed by atoms with Crippen LogP contribution >= 0.6 is 23.5 Å². The Balaban J connectivity index is 1.97. The Kier molecular flexibility index (Phi) is 5.54. The first-order valence-corrected chi connectivity index (χ1v) is 8.82. The number of β-amino-alcohol motifs (C(OH)–C–C–N with tert-alkyl or cyclic N) is 1. The van der Waals surface area contributed by atoms with Gasteiger partial charge >= 0.3 is 0 Å². The van der Waals surface area contributed by atoms with E-state index in [1.165, 1.54) is 28.4 Å². The number of nitrogens with zero attached hydrogens (tertiary/aromatic N) is 2. The summed E-state index contributed by atoms with van der Waals surface area (Å²) in [6, 6.07) is 0. The second kappa shape index (κ2) is 6.98. The predicted octanol–water partition coefficient (Wildman–Crippen LogP) is 0.749. The van der Waals surface area contributed by atoms with Gasteiger partial charge in [-0.15, -0.1) is 23.5 Å². The van der Waals surface area contributed by atoms with Crippen molar-refractivity contribution in [1.29, 1.82) is 0 Å². The van der Waals surface area contributed by atoms with E-state index >= 15 is 0 Å². The average molecular weight is 316 g/mol. The SMILES string of the molecule is CCN(CC)CC(O)CN1C(=O)C2=C(SCCS2)C1=O. The molecule has 20 heavy (non-hydrogen) atoms. The first-order chi connectivity index (χ1) is 9.58. The summed E-state index contributed by atoms with van der Waals surface area (Å²) >= 11 is 2.91. The van der Waals surface area contributed by atoms with Crippen LogP contribution in [0.4, 0.5) is 0 Å². The van der Waals surface area contributed by atoms with Crippen LogP contribution in [-0.2, 0) is 9.59 Å². The Hall–Kier alpha value is -0.500. The summed E-state index contributed by atoms with van der Waals surface area (Å²) in [6.45, 7) is 6.30. The van der Waals surface area contributed by atoms with Crippen LogP contribution in [0.3, 0.4) is 0 Å². The monoisotopic (exact) mass is 316 g/mol. The van der Waals surface area contributed by atoms with Crippen LogP contribution in [-0.4, -0.2) is 70.5 Å². The van der Waals surface area contributed by atoms with Crippen LogP contribution in [0, 0.1) is 0 Å². The number of hydrogen-bond acceptors (Lipinski definition) is 6. The molecule has 2 aliphatic rings. The lowest BCUT2D eigenvalue weighted by molar-refractivity contribution is -0.138. The molecular weight excluding hydrogens is 296 g/mol. The van der Waals surface area contributed by atoms with Gasteiger partial charge in [0.05, 0.1) is 22.5 Å². The number of imide groups is 1. The fourth-order valence-electron chi connectivity index (χ4n) is 2.29. The van der Waals surface area contributed by atoms with E-state index in [0.717, 1.165) is 24.6 Å². The fourth-order valence-corrected chi connectivity index (χ4v) is 4.62. The Morgan fingerprint density at radius 2 is 1.65 bits per heavy atom. The van der Waals surface area contributed by atoms with Gasteiger partial charge < -0.3 is 10.0 Å². The molecule has 2 aliphatic heterocycles. The van der Waals surface area contributed by atoms with Gasteiger partial charge in [0.15, 0.2) is 0 Å². The van der Waals surface area contributed by atoms with E-state index in [1.54, 1.807) is 0 Å². The van der Waals surface area contributed by atoms with Crippen LogP contribution in [0.25, 0.3) is 0 Å². The maximum atomic E-state index is 12.2. The molecule has 2 amide bonds. The van der Waals surface area contributed by atoms with Crippen molar-refractivity contribution in [2.24, 2.45) is 0 Å². The Labute approximate surface area is 127 Å². The van der Waals surface area contributed by atoms with Crippen molar-refractivity contribution in [2.45, 2.75) is 20.0 Å². The number of aliphatic hydroxyl groups is 1. The Morgan fingerprint density at radius 1 is 1.15 bits per heavy atom. The van der Waals surface area contributed by atoms with E-state index in [4.69, 9.17) is 0 Å². The van der Waals surface area contributed by atoms with Gasteiger partial charge in [0, 0.05) is 18.1 Å². The molecule has 0 radical (unpaired) electrons. The molecule has 0 saturated heterocycles. The summed E-state index contributed by atoms with van der Waals surface area (Å²) in [5.74, 6) is 1.25. The van der Waals surface area contributed by atoms with E-state index in [2.05, 4.69) is 4.90 Å². The molecule has 7 heteroatoms. The molecule has 0 aromatic heterocycles. The predicted molar refractivity (Wildman–Crippen MR) is 82.5 cm³/mol. The van der Waals surface area contributed by atoms with Gasteiger partial charge in [0.2, 0.25) is 0 Å². The van der Waals surface area contributed by atoms with Gasteiger partial charge in [0.25, 0.3) is 11.8 Å². The molecule has 2 heterocycles. The molecule has 0 fully saturated rings. The topological polar surface area (TPSA) is 60.9 Å². The highest BCUT2D eigenvalue weighted by Crippen LogP contribution is 2.40. The van der Waals surface area contributed by atoms with Crippen molar-refractivity contribution in [3.63, 3.8) is 0 Å².